The lowest BCUT2D eigenvalue weighted by Crippen LogP contribution is -2.15. The van der Waals surface area contributed by atoms with Crippen LogP contribution in [-0.2, 0) is 6.18 Å². The number of methoxy groups -OCH3 is 1. The molecule has 2 rings (SSSR count). The quantitative estimate of drug-likeness (QED) is 0.593. The van der Waals surface area contributed by atoms with Gasteiger partial charge in [0.25, 0.3) is 11.6 Å². The number of alkyl halides is 3. The van der Waals surface area contributed by atoms with E-state index in [1.165, 1.54) is 7.11 Å². The van der Waals surface area contributed by atoms with E-state index in [1.807, 2.05) is 0 Å². The number of nitro benzene ring substituents is 1. The van der Waals surface area contributed by atoms with E-state index < -0.39 is 28.3 Å². The molecule has 0 atom stereocenters. The third kappa shape index (κ3) is 4.66. The van der Waals surface area contributed by atoms with Crippen LogP contribution < -0.4 is 14.8 Å². The summed E-state index contributed by atoms with van der Waals surface area (Å²) in [5, 5.41) is 13.6. The van der Waals surface area contributed by atoms with Crippen molar-refractivity contribution >= 4 is 17.3 Å². The van der Waals surface area contributed by atoms with Gasteiger partial charge in [-0.2, -0.15) is 13.2 Å². The zero-order chi connectivity index (χ0) is 20.2. The molecule has 0 aliphatic carbocycles. The molecule has 2 aromatic carbocycles. The Morgan fingerprint density at radius 2 is 1.81 bits per heavy atom. The molecule has 2 aromatic rings. The lowest BCUT2D eigenvalue weighted by molar-refractivity contribution is -0.385. The van der Waals surface area contributed by atoms with E-state index in [-0.39, 0.29) is 29.4 Å². The predicted octanol–water partition coefficient (Wildman–Crippen LogP) is 4.27. The minimum absolute atomic E-state index is 0.0519. The first-order valence-corrected chi connectivity index (χ1v) is 7.65. The van der Waals surface area contributed by atoms with E-state index >= 15 is 0 Å². The van der Waals surface area contributed by atoms with Crippen LogP contribution in [0.15, 0.2) is 36.4 Å². The van der Waals surface area contributed by atoms with Crippen LogP contribution in [0.5, 0.6) is 11.5 Å². The highest BCUT2D eigenvalue weighted by Crippen LogP contribution is 2.35. The second kappa shape index (κ2) is 7.94. The summed E-state index contributed by atoms with van der Waals surface area (Å²) in [6.07, 6.45) is -4.51. The second-order valence-electron chi connectivity index (χ2n) is 5.24. The van der Waals surface area contributed by atoms with Crippen molar-refractivity contribution in [2.45, 2.75) is 13.1 Å². The molecule has 0 spiro atoms. The highest BCUT2D eigenvalue weighted by molar-refractivity contribution is 6.07. The molecule has 10 heteroatoms. The van der Waals surface area contributed by atoms with Crippen LogP contribution in [0.3, 0.4) is 0 Å². The summed E-state index contributed by atoms with van der Waals surface area (Å²) >= 11 is 0. The average molecular weight is 384 g/mol. The molecule has 7 nitrogen and oxygen atoms in total. The fraction of sp³-hybridized carbons (Fsp3) is 0.235. The molecule has 0 unspecified atom stereocenters. The number of nitro groups is 1. The number of anilines is 1. The zero-order valence-corrected chi connectivity index (χ0v) is 14.3. The van der Waals surface area contributed by atoms with Crippen LogP contribution in [0.1, 0.15) is 22.8 Å². The summed E-state index contributed by atoms with van der Waals surface area (Å²) < 4.78 is 48.1. The highest BCUT2D eigenvalue weighted by atomic mass is 19.4. The van der Waals surface area contributed by atoms with Crippen molar-refractivity contribution < 1.29 is 32.4 Å². The highest BCUT2D eigenvalue weighted by Gasteiger charge is 2.30. The predicted molar refractivity (Wildman–Crippen MR) is 90.2 cm³/mol. The zero-order valence-electron chi connectivity index (χ0n) is 14.3. The summed E-state index contributed by atoms with van der Waals surface area (Å²) in [5.74, 6) is -0.664. The summed E-state index contributed by atoms with van der Waals surface area (Å²) in [6, 6.07) is 5.90. The Hall–Kier alpha value is -3.30. The third-order valence-corrected chi connectivity index (χ3v) is 3.49. The Bertz CT molecular complexity index is 851. The Kier molecular flexibility index (Phi) is 5.88. The van der Waals surface area contributed by atoms with Crippen LogP contribution >= 0.6 is 0 Å². The number of nitrogens with one attached hydrogen (secondary N) is 1. The van der Waals surface area contributed by atoms with Crippen LogP contribution in [0.2, 0.25) is 0 Å². The summed E-state index contributed by atoms with van der Waals surface area (Å²) in [5.41, 5.74) is -1.67. The van der Waals surface area contributed by atoms with Crippen molar-refractivity contribution in [1.82, 2.24) is 0 Å². The monoisotopic (exact) mass is 384 g/mol. The normalized spacial score (nSPS) is 11.0. The number of amides is 1. The average Bonchev–Trinajstić information content (AvgIpc) is 2.61. The van der Waals surface area contributed by atoms with Crippen molar-refractivity contribution in [3.8, 4) is 11.5 Å². The number of rotatable bonds is 6. The number of ether oxygens (including phenoxy) is 2. The molecule has 0 saturated heterocycles. The number of hydrogen-bond acceptors (Lipinski definition) is 5. The summed E-state index contributed by atoms with van der Waals surface area (Å²) in [4.78, 5) is 23.0. The van der Waals surface area contributed by atoms with Gasteiger partial charge in [0, 0.05) is 11.8 Å². The second-order valence-corrected chi connectivity index (χ2v) is 5.24. The molecule has 0 heterocycles. The van der Waals surface area contributed by atoms with Gasteiger partial charge in [0.15, 0.2) is 11.5 Å². The molecule has 1 N–H and O–H groups in total. The van der Waals surface area contributed by atoms with Gasteiger partial charge < -0.3 is 14.8 Å². The smallest absolute Gasteiger partial charge is 0.416 e. The lowest BCUT2D eigenvalue weighted by atomic mass is 10.1. The fourth-order valence-corrected chi connectivity index (χ4v) is 2.25. The molecule has 0 aliphatic rings. The maximum absolute atomic E-state index is 12.6. The minimum Gasteiger partial charge on any atom is -0.493 e. The Labute approximate surface area is 151 Å². The third-order valence-electron chi connectivity index (χ3n) is 3.49. The van der Waals surface area contributed by atoms with Gasteiger partial charge in [0.2, 0.25) is 0 Å². The van der Waals surface area contributed by atoms with Crippen LogP contribution in [-0.4, -0.2) is 24.5 Å². The van der Waals surface area contributed by atoms with E-state index in [9.17, 15) is 28.1 Å². The molecule has 0 fully saturated rings. The molecule has 0 radical (unpaired) electrons. The minimum atomic E-state index is -4.51. The molecule has 144 valence electrons. The first-order valence-electron chi connectivity index (χ1n) is 7.65. The first kappa shape index (κ1) is 20.0. The number of benzene rings is 2. The molecule has 27 heavy (non-hydrogen) atoms. The van der Waals surface area contributed by atoms with E-state index in [4.69, 9.17) is 9.47 Å². The number of halogens is 3. The lowest BCUT2D eigenvalue weighted by Gasteiger charge is -2.12. The van der Waals surface area contributed by atoms with Crippen molar-refractivity contribution in [3.05, 3.63) is 57.6 Å². The number of carbonyl (C=O) groups excluding carboxylic acids is 1. The van der Waals surface area contributed by atoms with Crippen molar-refractivity contribution in [2.24, 2.45) is 0 Å². The van der Waals surface area contributed by atoms with Crippen molar-refractivity contribution in [3.63, 3.8) is 0 Å². The molecular weight excluding hydrogens is 369 g/mol. The van der Waals surface area contributed by atoms with Gasteiger partial charge in [-0.15, -0.1) is 0 Å². The van der Waals surface area contributed by atoms with Crippen molar-refractivity contribution in [2.75, 3.05) is 19.0 Å². The molecule has 0 aromatic heterocycles. The SMILES string of the molecule is CCOc1cc(C(=O)Nc2ccc(C(F)(F)F)cc2)c([N+](=O)[O-])cc1OC. The molecule has 0 aliphatic heterocycles. The van der Waals surface area contributed by atoms with Gasteiger partial charge in [-0.3, -0.25) is 14.9 Å². The summed E-state index contributed by atoms with van der Waals surface area (Å²) in [7, 11) is 1.30. The number of nitrogens with zero attached hydrogens (tertiary/aromatic N) is 1. The maximum atomic E-state index is 12.6. The topological polar surface area (TPSA) is 90.7 Å². The van der Waals surface area contributed by atoms with Gasteiger partial charge >= 0.3 is 6.18 Å². The molecule has 0 saturated carbocycles. The van der Waals surface area contributed by atoms with Crippen LogP contribution in [0.25, 0.3) is 0 Å². The van der Waals surface area contributed by atoms with Gasteiger partial charge in [-0.05, 0) is 31.2 Å². The number of hydrogen-bond donors (Lipinski definition) is 1. The van der Waals surface area contributed by atoms with Gasteiger partial charge in [0.1, 0.15) is 5.56 Å². The fourth-order valence-electron chi connectivity index (χ4n) is 2.25. The van der Waals surface area contributed by atoms with E-state index in [0.29, 0.717) is 0 Å². The summed E-state index contributed by atoms with van der Waals surface area (Å²) in [6.45, 7) is 1.91. The van der Waals surface area contributed by atoms with Crippen LogP contribution in [0, 0.1) is 10.1 Å². The Morgan fingerprint density at radius 3 is 2.30 bits per heavy atom. The van der Waals surface area contributed by atoms with E-state index in [2.05, 4.69) is 5.32 Å². The number of carbonyl (C=O) groups is 1. The largest absolute Gasteiger partial charge is 0.493 e. The Balaban J connectivity index is 2.36. The van der Waals surface area contributed by atoms with Gasteiger partial charge in [0.05, 0.1) is 30.3 Å². The van der Waals surface area contributed by atoms with Gasteiger partial charge in [-0.1, -0.05) is 0 Å². The molecular formula is C17H15F3N2O5. The van der Waals surface area contributed by atoms with E-state index in [1.54, 1.807) is 6.92 Å². The Morgan fingerprint density at radius 1 is 1.19 bits per heavy atom. The maximum Gasteiger partial charge on any atom is 0.416 e. The molecule has 0 bridgehead atoms. The standard InChI is InChI=1S/C17H15F3N2O5/c1-3-27-15-8-12(13(22(24)25)9-14(15)26-2)16(23)21-11-6-4-10(5-7-11)17(18,19)20/h4-9H,3H2,1-2H3,(H,21,23). The van der Waals surface area contributed by atoms with E-state index in [0.717, 1.165) is 36.4 Å². The van der Waals surface area contributed by atoms with Gasteiger partial charge in [-0.25, -0.2) is 0 Å². The van der Waals surface area contributed by atoms with Crippen LogP contribution in [0.4, 0.5) is 24.5 Å². The van der Waals surface area contributed by atoms with Crippen molar-refractivity contribution in [1.29, 1.82) is 0 Å². The first-order chi connectivity index (χ1) is 12.7. The molecule has 1 amide bonds.